The summed E-state index contributed by atoms with van der Waals surface area (Å²) in [5, 5.41) is 2.98. The molecule has 0 saturated heterocycles. The zero-order valence-corrected chi connectivity index (χ0v) is 11.2. The lowest BCUT2D eigenvalue weighted by Gasteiger charge is -2.36. The van der Waals surface area contributed by atoms with Crippen LogP contribution in [0.4, 0.5) is 0 Å². The number of nitrogens with one attached hydrogen (secondary N) is 1. The van der Waals surface area contributed by atoms with Gasteiger partial charge in [0, 0.05) is 25.7 Å². The third-order valence-corrected chi connectivity index (χ3v) is 3.40. The van der Waals surface area contributed by atoms with E-state index in [4.69, 9.17) is 5.73 Å². The molecule has 0 radical (unpaired) electrons. The Balaban J connectivity index is 2.21. The van der Waals surface area contributed by atoms with E-state index < -0.39 is 0 Å². The van der Waals surface area contributed by atoms with Crippen molar-refractivity contribution in [3.63, 3.8) is 0 Å². The molecule has 0 unspecified atom stereocenters. The minimum absolute atomic E-state index is 0.144. The molecule has 1 aliphatic carbocycles. The highest BCUT2D eigenvalue weighted by molar-refractivity contribution is 5.78. The Morgan fingerprint density at radius 2 is 2.18 bits per heavy atom. The summed E-state index contributed by atoms with van der Waals surface area (Å²) in [6.07, 6.45) is 4.78. The number of rotatable bonds is 8. The van der Waals surface area contributed by atoms with Gasteiger partial charge in [0.05, 0.1) is 6.54 Å². The monoisotopic (exact) mass is 241 g/mol. The van der Waals surface area contributed by atoms with E-state index in [1.165, 1.54) is 19.3 Å². The van der Waals surface area contributed by atoms with Gasteiger partial charge in [0.15, 0.2) is 0 Å². The Labute approximate surface area is 105 Å². The van der Waals surface area contributed by atoms with Crippen LogP contribution in [0.5, 0.6) is 0 Å². The van der Waals surface area contributed by atoms with Gasteiger partial charge in [0.25, 0.3) is 0 Å². The SMILES string of the molecule is CC(C)CCNC(=O)CN(CCN)C1CCC1. The number of hydrogen-bond donors (Lipinski definition) is 2. The molecule has 0 heterocycles. The molecule has 0 aliphatic heterocycles. The van der Waals surface area contributed by atoms with Crippen LogP contribution in [0.15, 0.2) is 0 Å². The van der Waals surface area contributed by atoms with Crippen LogP contribution in [0.25, 0.3) is 0 Å². The largest absolute Gasteiger partial charge is 0.355 e. The molecule has 1 amide bonds. The molecule has 0 aromatic heterocycles. The molecule has 100 valence electrons. The summed E-state index contributed by atoms with van der Waals surface area (Å²) in [7, 11) is 0. The van der Waals surface area contributed by atoms with Gasteiger partial charge in [-0.15, -0.1) is 0 Å². The second-order valence-electron chi connectivity index (χ2n) is 5.38. The Morgan fingerprint density at radius 3 is 2.65 bits per heavy atom. The number of nitrogens with two attached hydrogens (primary N) is 1. The van der Waals surface area contributed by atoms with Gasteiger partial charge in [-0.1, -0.05) is 20.3 Å². The van der Waals surface area contributed by atoms with Gasteiger partial charge in [-0.05, 0) is 25.2 Å². The Bertz CT molecular complexity index is 227. The number of carbonyl (C=O) groups excluding carboxylic acids is 1. The van der Waals surface area contributed by atoms with Crippen LogP contribution in [0.2, 0.25) is 0 Å². The van der Waals surface area contributed by atoms with E-state index in [1.807, 2.05) is 0 Å². The fourth-order valence-electron chi connectivity index (χ4n) is 2.05. The summed E-state index contributed by atoms with van der Waals surface area (Å²) < 4.78 is 0. The molecule has 1 rings (SSSR count). The Kier molecular flexibility index (Phi) is 6.52. The van der Waals surface area contributed by atoms with Gasteiger partial charge in [-0.2, -0.15) is 0 Å². The Morgan fingerprint density at radius 1 is 1.47 bits per heavy atom. The van der Waals surface area contributed by atoms with Crippen molar-refractivity contribution < 1.29 is 4.79 Å². The maximum absolute atomic E-state index is 11.8. The minimum Gasteiger partial charge on any atom is -0.355 e. The highest BCUT2D eigenvalue weighted by Crippen LogP contribution is 2.23. The van der Waals surface area contributed by atoms with E-state index in [9.17, 15) is 4.79 Å². The average molecular weight is 241 g/mol. The van der Waals surface area contributed by atoms with E-state index in [-0.39, 0.29) is 5.91 Å². The third kappa shape index (κ3) is 5.50. The van der Waals surface area contributed by atoms with Crippen LogP contribution in [-0.2, 0) is 4.79 Å². The molecule has 1 aliphatic rings. The summed E-state index contributed by atoms with van der Waals surface area (Å²) in [4.78, 5) is 14.0. The lowest BCUT2D eigenvalue weighted by molar-refractivity contribution is -0.123. The number of hydrogen-bond acceptors (Lipinski definition) is 3. The lowest BCUT2D eigenvalue weighted by Crippen LogP contribution is -2.47. The van der Waals surface area contributed by atoms with Crippen molar-refractivity contribution in [1.29, 1.82) is 0 Å². The van der Waals surface area contributed by atoms with Gasteiger partial charge in [0.1, 0.15) is 0 Å². The van der Waals surface area contributed by atoms with Crippen molar-refractivity contribution in [3.8, 4) is 0 Å². The van der Waals surface area contributed by atoms with Gasteiger partial charge in [-0.3, -0.25) is 9.69 Å². The molecule has 1 saturated carbocycles. The van der Waals surface area contributed by atoms with E-state index in [0.717, 1.165) is 19.5 Å². The van der Waals surface area contributed by atoms with Crippen molar-refractivity contribution in [2.24, 2.45) is 11.7 Å². The molecular formula is C13H27N3O. The smallest absolute Gasteiger partial charge is 0.234 e. The fraction of sp³-hybridized carbons (Fsp3) is 0.923. The first-order chi connectivity index (χ1) is 8.13. The summed E-state index contributed by atoms with van der Waals surface area (Å²) in [5.74, 6) is 0.785. The van der Waals surface area contributed by atoms with Crippen LogP contribution >= 0.6 is 0 Å². The van der Waals surface area contributed by atoms with Gasteiger partial charge >= 0.3 is 0 Å². The first-order valence-corrected chi connectivity index (χ1v) is 6.84. The molecule has 17 heavy (non-hydrogen) atoms. The second kappa shape index (κ2) is 7.67. The number of amides is 1. The van der Waals surface area contributed by atoms with Crippen LogP contribution in [-0.4, -0.2) is 43.0 Å². The standard InChI is InChI=1S/C13H27N3O/c1-11(2)6-8-15-13(17)10-16(9-7-14)12-4-3-5-12/h11-12H,3-10,14H2,1-2H3,(H,15,17). The third-order valence-electron chi connectivity index (χ3n) is 3.40. The molecule has 0 atom stereocenters. The highest BCUT2D eigenvalue weighted by Gasteiger charge is 2.25. The lowest BCUT2D eigenvalue weighted by atomic mass is 9.91. The molecule has 4 nitrogen and oxygen atoms in total. The van der Waals surface area contributed by atoms with Crippen molar-refractivity contribution >= 4 is 5.91 Å². The molecule has 3 N–H and O–H groups in total. The van der Waals surface area contributed by atoms with Gasteiger partial charge in [-0.25, -0.2) is 0 Å². The van der Waals surface area contributed by atoms with Crippen molar-refractivity contribution in [1.82, 2.24) is 10.2 Å². The topological polar surface area (TPSA) is 58.4 Å². The molecular weight excluding hydrogens is 214 g/mol. The van der Waals surface area contributed by atoms with Crippen molar-refractivity contribution in [2.45, 2.75) is 45.6 Å². The quantitative estimate of drug-likeness (QED) is 0.665. The molecule has 0 aromatic rings. The molecule has 0 bridgehead atoms. The first-order valence-electron chi connectivity index (χ1n) is 6.84. The maximum atomic E-state index is 11.8. The van der Waals surface area contributed by atoms with Crippen LogP contribution in [0.1, 0.15) is 39.5 Å². The number of carbonyl (C=O) groups is 1. The van der Waals surface area contributed by atoms with Crippen LogP contribution < -0.4 is 11.1 Å². The zero-order chi connectivity index (χ0) is 12.7. The average Bonchev–Trinajstić information content (AvgIpc) is 2.14. The second-order valence-corrected chi connectivity index (χ2v) is 5.38. The predicted octanol–water partition coefficient (Wildman–Crippen LogP) is 0.962. The predicted molar refractivity (Wildman–Crippen MR) is 70.7 cm³/mol. The van der Waals surface area contributed by atoms with E-state index in [0.29, 0.717) is 25.0 Å². The van der Waals surface area contributed by atoms with Gasteiger partial charge < -0.3 is 11.1 Å². The molecule has 0 aromatic carbocycles. The van der Waals surface area contributed by atoms with Gasteiger partial charge in [0.2, 0.25) is 5.91 Å². The van der Waals surface area contributed by atoms with Crippen molar-refractivity contribution in [3.05, 3.63) is 0 Å². The summed E-state index contributed by atoms with van der Waals surface area (Å²) in [5.41, 5.74) is 5.59. The number of nitrogens with zero attached hydrogens (tertiary/aromatic N) is 1. The minimum atomic E-state index is 0.144. The maximum Gasteiger partial charge on any atom is 0.234 e. The Hall–Kier alpha value is -0.610. The summed E-state index contributed by atoms with van der Waals surface area (Å²) >= 11 is 0. The van der Waals surface area contributed by atoms with Crippen LogP contribution in [0, 0.1) is 5.92 Å². The summed E-state index contributed by atoms with van der Waals surface area (Å²) in [6.45, 7) is 7.11. The fourth-order valence-corrected chi connectivity index (χ4v) is 2.05. The van der Waals surface area contributed by atoms with Crippen molar-refractivity contribution in [2.75, 3.05) is 26.2 Å². The molecule has 0 spiro atoms. The highest BCUT2D eigenvalue weighted by atomic mass is 16.2. The van der Waals surface area contributed by atoms with E-state index >= 15 is 0 Å². The van der Waals surface area contributed by atoms with Crippen LogP contribution in [0.3, 0.4) is 0 Å². The molecule has 4 heteroatoms. The van der Waals surface area contributed by atoms with E-state index in [1.54, 1.807) is 0 Å². The molecule has 1 fully saturated rings. The zero-order valence-electron chi connectivity index (χ0n) is 11.2. The normalized spacial score (nSPS) is 16.3. The first kappa shape index (κ1) is 14.5. The summed E-state index contributed by atoms with van der Waals surface area (Å²) in [6, 6.07) is 0.592. The van der Waals surface area contributed by atoms with E-state index in [2.05, 4.69) is 24.1 Å².